The van der Waals surface area contributed by atoms with Gasteiger partial charge in [-0.2, -0.15) is 8.78 Å². The van der Waals surface area contributed by atoms with Crippen LogP contribution in [0.5, 0.6) is 0 Å². The number of hydrogen-bond donors (Lipinski definition) is 1. The van der Waals surface area contributed by atoms with E-state index in [1.807, 2.05) is 13.8 Å². The van der Waals surface area contributed by atoms with Crippen LogP contribution in [-0.4, -0.2) is 29.7 Å². The van der Waals surface area contributed by atoms with Crippen molar-refractivity contribution in [3.05, 3.63) is 0 Å². The highest BCUT2D eigenvalue weighted by atomic mass is 19.3. The molecule has 0 saturated carbocycles. The predicted molar refractivity (Wildman–Crippen MR) is 42.8 cm³/mol. The van der Waals surface area contributed by atoms with Crippen LogP contribution in [0, 0.1) is 5.92 Å². The van der Waals surface area contributed by atoms with E-state index in [-0.39, 0.29) is 12.0 Å². The Labute approximate surface area is 75.7 Å². The van der Waals surface area contributed by atoms with Crippen LogP contribution >= 0.6 is 0 Å². The summed E-state index contributed by atoms with van der Waals surface area (Å²) in [6.07, 6.45) is -0.370. The summed E-state index contributed by atoms with van der Waals surface area (Å²) in [4.78, 5) is 9.97. The first kappa shape index (κ1) is 12.3. The normalized spacial score (nSPS) is 14.6. The summed E-state index contributed by atoms with van der Waals surface area (Å²) in [6, 6.07) is 0. The van der Waals surface area contributed by atoms with Gasteiger partial charge in [0.15, 0.2) is 0 Å². The highest BCUT2D eigenvalue weighted by Crippen LogP contribution is 2.16. The van der Waals surface area contributed by atoms with Gasteiger partial charge < -0.3 is 9.84 Å². The summed E-state index contributed by atoms with van der Waals surface area (Å²) in [5.74, 6) is -5.85. The van der Waals surface area contributed by atoms with Crippen molar-refractivity contribution in [3.63, 3.8) is 0 Å². The van der Waals surface area contributed by atoms with E-state index in [0.717, 1.165) is 0 Å². The average molecular weight is 196 g/mol. The molecule has 0 spiro atoms. The Morgan fingerprint density at radius 3 is 2.23 bits per heavy atom. The fourth-order valence-electron chi connectivity index (χ4n) is 0.490. The second-order valence-electron chi connectivity index (χ2n) is 3.27. The van der Waals surface area contributed by atoms with Gasteiger partial charge in [0.05, 0.1) is 6.10 Å². The van der Waals surface area contributed by atoms with Crippen LogP contribution in [0.1, 0.15) is 20.8 Å². The van der Waals surface area contributed by atoms with Crippen molar-refractivity contribution in [2.24, 2.45) is 5.92 Å². The van der Waals surface area contributed by atoms with E-state index in [1.165, 1.54) is 0 Å². The number of aliphatic carboxylic acids is 1. The Balaban J connectivity index is 3.95. The van der Waals surface area contributed by atoms with Gasteiger partial charge >= 0.3 is 11.9 Å². The molecule has 0 rings (SSSR count). The van der Waals surface area contributed by atoms with E-state index < -0.39 is 18.5 Å². The third-order valence-corrected chi connectivity index (χ3v) is 1.78. The first-order chi connectivity index (χ1) is 5.77. The highest BCUT2D eigenvalue weighted by Gasteiger charge is 2.39. The van der Waals surface area contributed by atoms with Crippen molar-refractivity contribution in [2.75, 3.05) is 6.61 Å². The third kappa shape index (κ3) is 4.17. The summed E-state index contributed by atoms with van der Waals surface area (Å²) in [5.41, 5.74) is 0. The van der Waals surface area contributed by atoms with E-state index in [0.29, 0.717) is 0 Å². The topological polar surface area (TPSA) is 46.5 Å². The lowest BCUT2D eigenvalue weighted by Crippen LogP contribution is -2.35. The quantitative estimate of drug-likeness (QED) is 0.728. The zero-order chi connectivity index (χ0) is 10.6. The molecule has 5 heteroatoms. The van der Waals surface area contributed by atoms with Crippen LogP contribution in [0.25, 0.3) is 0 Å². The first-order valence-corrected chi connectivity index (χ1v) is 4.00. The first-order valence-electron chi connectivity index (χ1n) is 4.00. The van der Waals surface area contributed by atoms with Crippen molar-refractivity contribution < 1.29 is 23.4 Å². The summed E-state index contributed by atoms with van der Waals surface area (Å²) in [5, 5.41) is 8.06. The molecule has 3 nitrogen and oxygen atoms in total. The number of carboxylic acids is 1. The van der Waals surface area contributed by atoms with Gasteiger partial charge in [0.1, 0.15) is 6.61 Å². The van der Waals surface area contributed by atoms with Gasteiger partial charge in [0.2, 0.25) is 0 Å². The van der Waals surface area contributed by atoms with Crippen LogP contribution in [0.15, 0.2) is 0 Å². The molecule has 0 fully saturated rings. The number of hydrogen-bond acceptors (Lipinski definition) is 2. The molecule has 13 heavy (non-hydrogen) atoms. The van der Waals surface area contributed by atoms with Gasteiger partial charge in [-0.25, -0.2) is 4.79 Å². The Morgan fingerprint density at radius 2 is 1.92 bits per heavy atom. The molecular weight excluding hydrogens is 182 g/mol. The van der Waals surface area contributed by atoms with E-state index in [2.05, 4.69) is 0 Å². The van der Waals surface area contributed by atoms with Gasteiger partial charge in [-0.05, 0) is 12.8 Å². The average Bonchev–Trinajstić information content (AvgIpc) is 1.99. The Bertz CT molecular complexity index is 180. The van der Waals surface area contributed by atoms with E-state index in [9.17, 15) is 13.6 Å². The molecule has 1 atom stereocenters. The Hall–Kier alpha value is -0.710. The molecule has 1 N–H and O–H groups in total. The maximum atomic E-state index is 12.4. The molecule has 0 aromatic heterocycles. The summed E-state index contributed by atoms with van der Waals surface area (Å²) in [6.45, 7) is 4.18. The molecule has 0 aliphatic carbocycles. The lowest BCUT2D eigenvalue weighted by atomic mass is 10.1. The molecular formula is C8H14F2O3. The molecule has 0 aromatic rings. The number of ether oxygens (including phenoxy) is 1. The summed E-state index contributed by atoms with van der Waals surface area (Å²) < 4.78 is 29.6. The zero-order valence-electron chi connectivity index (χ0n) is 7.88. The summed E-state index contributed by atoms with van der Waals surface area (Å²) in [7, 11) is 0. The minimum absolute atomic E-state index is 0.0876. The Morgan fingerprint density at radius 1 is 1.46 bits per heavy atom. The van der Waals surface area contributed by atoms with Crippen molar-refractivity contribution >= 4 is 5.97 Å². The van der Waals surface area contributed by atoms with Gasteiger partial charge in [-0.3, -0.25) is 0 Å². The van der Waals surface area contributed by atoms with Crippen LogP contribution in [0.2, 0.25) is 0 Å². The SMILES string of the molecule is CC(C)C(C)OCC(F)(F)C(=O)O. The molecule has 0 amide bonds. The van der Waals surface area contributed by atoms with Crippen LogP contribution in [0.3, 0.4) is 0 Å². The van der Waals surface area contributed by atoms with Crippen molar-refractivity contribution in [1.29, 1.82) is 0 Å². The number of alkyl halides is 2. The molecule has 78 valence electrons. The zero-order valence-corrected chi connectivity index (χ0v) is 7.88. The maximum Gasteiger partial charge on any atom is 0.377 e. The monoisotopic (exact) mass is 196 g/mol. The molecule has 0 aliphatic heterocycles. The predicted octanol–water partition coefficient (Wildman–Crippen LogP) is 1.77. The number of halogens is 2. The van der Waals surface area contributed by atoms with E-state index in [4.69, 9.17) is 9.84 Å². The number of rotatable bonds is 5. The molecule has 0 aromatic carbocycles. The van der Waals surface area contributed by atoms with Crippen LogP contribution in [-0.2, 0) is 9.53 Å². The van der Waals surface area contributed by atoms with Gasteiger partial charge in [-0.1, -0.05) is 13.8 Å². The van der Waals surface area contributed by atoms with Crippen molar-refractivity contribution in [2.45, 2.75) is 32.8 Å². The molecule has 0 saturated heterocycles. The number of carbonyl (C=O) groups is 1. The lowest BCUT2D eigenvalue weighted by molar-refractivity contribution is -0.177. The molecule has 1 unspecified atom stereocenters. The summed E-state index contributed by atoms with van der Waals surface area (Å²) >= 11 is 0. The molecule has 0 heterocycles. The molecule has 0 bridgehead atoms. The maximum absolute atomic E-state index is 12.4. The van der Waals surface area contributed by atoms with Crippen LogP contribution in [0.4, 0.5) is 8.78 Å². The fourth-order valence-corrected chi connectivity index (χ4v) is 0.490. The molecule has 0 radical (unpaired) electrons. The van der Waals surface area contributed by atoms with Gasteiger partial charge in [-0.15, -0.1) is 0 Å². The minimum atomic E-state index is -3.79. The third-order valence-electron chi connectivity index (χ3n) is 1.78. The van der Waals surface area contributed by atoms with E-state index in [1.54, 1.807) is 6.92 Å². The number of carboxylic acid groups (broad SMARTS) is 1. The smallest absolute Gasteiger partial charge is 0.377 e. The highest BCUT2D eigenvalue weighted by molar-refractivity contribution is 5.75. The van der Waals surface area contributed by atoms with Crippen molar-refractivity contribution in [3.8, 4) is 0 Å². The second-order valence-corrected chi connectivity index (χ2v) is 3.27. The van der Waals surface area contributed by atoms with E-state index >= 15 is 0 Å². The molecule has 0 aliphatic rings. The minimum Gasteiger partial charge on any atom is -0.477 e. The van der Waals surface area contributed by atoms with Gasteiger partial charge in [0.25, 0.3) is 0 Å². The largest absolute Gasteiger partial charge is 0.477 e. The fraction of sp³-hybridized carbons (Fsp3) is 0.875. The lowest BCUT2D eigenvalue weighted by Gasteiger charge is -2.19. The van der Waals surface area contributed by atoms with Gasteiger partial charge in [0, 0.05) is 0 Å². The van der Waals surface area contributed by atoms with Crippen LogP contribution < -0.4 is 0 Å². The van der Waals surface area contributed by atoms with Crippen molar-refractivity contribution in [1.82, 2.24) is 0 Å². The second kappa shape index (κ2) is 4.50. The standard InChI is InChI=1S/C8H14F2O3/c1-5(2)6(3)13-4-8(9,10)7(11)12/h5-6H,4H2,1-3H3,(H,11,12). The Kier molecular flexibility index (Phi) is 4.26.